The quantitative estimate of drug-likeness (QED) is 0.257. The van der Waals surface area contributed by atoms with Crippen LogP contribution in [0.2, 0.25) is 0 Å². The second-order valence-electron chi connectivity index (χ2n) is 8.05. The van der Waals surface area contributed by atoms with E-state index in [0.717, 1.165) is 64.7 Å². The van der Waals surface area contributed by atoms with Gasteiger partial charge in [0.25, 0.3) is 0 Å². The summed E-state index contributed by atoms with van der Waals surface area (Å²) in [6.45, 7) is 10.8. The fourth-order valence-electron chi connectivity index (χ4n) is 4.20. The highest BCUT2D eigenvalue weighted by molar-refractivity contribution is 14.0. The van der Waals surface area contributed by atoms with E-state index >= 15 is 0 Å². The van der Waals surface area contributed by atoms with Gasteiger partial charge < -0.3 is 19.7 Å². The van der Waals surface area contributed by atoms with Crippen molar-refractivity contribution < 1.29 is 14.3 Å². The molecule has 0 aliphatic carbocycles. The number of hydrogen-bond donors (Lipinski definition) is 1. The van der Waals surface area contributed by atoms with Crippen molar-refractivity contribution in [2.24, 2.45) is 10.9 Å². The lowest BCUT2D eigenvalue weighted by atomic mass is 9.97. The van der Waals surface area contributed by atoms with Crippen molar-refractivity contribution in [1.29, 1.82) is 0 Å². The summed E-state index contributed by atoms with van der Waals surface area (Å²) in [7, 11) is 1.47. The normalized spacial score (nSPS) is 19.5. The Kier molecular flexibility index (Phi) is 11.0. The van der Waals surface area contributed by atoms with Crippen LogP contribution in [0, 0.1) is 12.8 Å². The van der Waals surface area contributed by atoms with Gasteiger partial charge in [-0.2, -0.15) is 0 Å². The SMILES string of the molecule is CCNC(=NCC(c1ccc(C)cc1)N1CCOCC1)N1CCC(C(=O)OC)CC1.I. The van der Waals surface area contributed by atoms with Crippen LogP contribution in [0.4, 0.5) is 0 Å². The molecular formula is C23H37IN4O3. The predicted octanol–water partition coefficient (Wildman–Crippen LogP) is 2.84. The molecule has 3 rings (SSSR count). The van der Waals surface area contributed by atoms with Crippen LogP contribution in [0.25, 0.3) is 0 Å². The van der Waals surface area contributed by atoms with Gasteiger partial charge in [-0.3, -0.25) is 14.7 Å². The Balaban J connectivity index is 0.00000341. The van der Waals surface area contributed by atoms with Crippen molar-refractivity contribution in [3.8, 4) is 0 Å². The third-order valence-corrected chi connectivity index (χ3v) is 6.03. The molecule has 1 atom stereocenters. The van der Waals surface area contributed by atoms with Gasteiger partial charge >= 0.3 is 5.97 Å². The molecule has 0 amide bonds. The molecule has 0 aromatic heterocycles. The first kappa shape index (κ1) is 25.9. The second kappa shape index (κ2) is 13.2. The first-order valence-electron chi connectivity index (χ1n) is 11.1. The van der Waals surface area contributed by atoms with Gasteiger partial charge in [0.05, 0.1) is 38.8 Å². The fourth-order valence-corrected chi connectivity index (χ4v) is 4.20. The highest BCUT2D eigenvalue weighted by atomic mass is 127. The molecule has 8 heteroatoms. The van der Waals surface area contributed by atoms with Crippen molar-refractivity contribution in [3.05, 3.63) is 35.4 Å². The van der Waals surface area contributed by atoms with E-state index in [1.807, 2.05) is 0 Å². The van der Waals surface area contributed by atoms with Crippen molar-refractivity contribution in [2.75, 3.05) is 59.6 Å². The number of esters is 1. The van der Waals surface area contributed by atoms with Crippen molar-refractivity contribution in [1.82, 2.24) is 15.1 Å². The Morgan fingerprint density at radius 1 is 1.19 bits per heavy atom. The molecule has 0 bridgehead atoms. The molecule has 0 radical (unpaired) electrons. The maximum Gasteiger partial charge on any atom is 0.308 e. The van der Waals surface area contributed by atoms with E-state index in [4.69, 9.17) is 14.5 Å². The van der Waals surface area contributed by atoms with Gasteiger partial charge in [-0.15, -0.1) is 24.0 Å². The number of hydrogen-bond acceptors (Lipinski definition) is 5. The van der Waals surface area contributed by atoms with Gasteiger partial charge in [-0.25, -0.2) is 0 Å². The van der Waals surface area contributed by atoms with Crippen LogP contribution in [0.3, 0.4) is 0 Å². The molecule has 2 saturated heterocycles. The van der Waals surface area contributed by atoms with Crippen LogP contribution in [-0.2, 0) is 14.3 Å². The molecule has 0 spiro atoms. The van der Waals surface area contributed by atoms with E-state index < -0.39 is 0 Å². The van der Waals surface area contributed by atoms with Gasteiger partial charge in [-0.1, -0.05) is 29.8 Å². The van der Waals surface area contributed by atoms with Crippen molar-refractivity contribution >= 4 is 35.9 Å². The lowest BCUT2D eigenvalue weighted by molar-refractivity contribution is -0.146. The molecule has 2 aliphatic heterocycles. The smallest absolute Gasteiger partial charge is 0.308 e. The van der Waals surface area contributed by atoms with Crippen molar-refractivity contribution in [2.45, 2.75) is 32.7 Å². The van der Waals surface area contributed by atoms with Crippen LogP contribution >= 0.6 is 24.0 Å². The molecule has 1 N–H and O–H groups in total. The van der Waals surface area contributed by atoms with Gasteiger partial charge in [0.1, 0.15) is 0 Å². The minimum Gasteiger partial charge on any atom is -0.469 e. The molecule has 1 aromatic rings. The number of guanidine groups is 1. The Morgan fingerprint density at radius 3 is 2.42 bits per heavy atom. The molecule has 174 valence electrons. The van der Waals surface area contributed by atoms with Crippen molar-refractivity contribution in [3.63, 3.8) is 0 Å². The summed E-state index contributed by atoms with van der Waals surface area (Å²) in [5.41, 5.74) is 2.57. The summed E-state index contributed by atoms with van der Waals surface area (Å²) in [5.74, 6) is 0.845. The maximum absolute atomic E-state index is 11.8. The summed E-state index contributed by atoms with van der Waals surface area (Å²) < 4.78 is 10.5. The summed E-state index contributed by atoms with van der Waals surface area (Å²) >= 11 is 0. The highest BCUT2D eigenvalue weighted by Gasteiger charge is 2.28. The lowest BCUT2D eigenvalue weighted by Gasteiger charge is -2.36. The van der Waals surface area contributed by atoms with E-state index in [1.165, 1.54) is 18.2 Å². The molecule has 1 unspecified atom stereocenters. The van der Waals surface area contributed by atoms with E-state index in [2.05, 4.69) is 53.2 Å². The number of nitrogens with zero attached hydrogens (tertiary/aromatic N) is 3. The largest absolute Gasteiger partial charge is 0.469 e. The first-order chi connectivity index (χ1) is 14.6. The number of rotatable bonds is 6. The average molecular weight is 544 g/mol. The Hall–Kier alpha value is -1.39. The number of carbonyl (C=O) groups excluding carboxylic acids is 1. The molecule has 2 heterocycles. The van der Waals surface area contributed by atoms with E-state index in [0.29, 0.717) is 6.54 Å². The number of benzene rings is 1. The Morgan fingerprint density at radius 2 is 1.84 bits per heavy atom. The zero-order chi connectivity index (χ0) is 21.3. The van der Waals surface area contributed by atoms with Crippen LogP contribution in [0.5, 0.6) is 0 Å². The van der Waals surface area contributed by atoms with Gasteiger partial charge in [0, 0.05) is 32.7 Å². The summed E-state index contributed by atoms with van der Waals surface area (Å²) in [4.78, 5) is 21.6. The van der Waals surface area contributed by atoms with Gasteiger partial charge in [0.15, 0.2) is 5.96 Å². The lowest BCUT2D eigenvalue weighted by Crippen LogP contribution is -2.47. The number of nitrogens with one attached hydrogen (secondary N) is 1. The number of methoxy groups -OCH3 is 1. The number of morpholine rings is 1. The number of piperidine rings is 1. The molecule has 1 aromatic carbocycles. The van der Waals surface area contributed by atoms with Crippen LogP contribution in [-0.4, -0.2) is 81.3 Å². The van der Waals surface area contributed by atoms with Crippen LogP contribution in [0.15, 0.2) is 29.3 Å². The zero-order valence-corrected chi connectivity index (χ0v) is 21.3. The third kappa shape index (κ3) is 7.32. The number of halogens is 1. The molecule has 0 saturated carbocycles. The fraction of sp³-hybridized carbons (Fsp3) is 0.652. The standard InChI is InChI=1S/C23H36N4O3.HI/c1-4-24-23(27-11-9-20(10-12-27)22(28)29-3)25-17-21(26-13-15-30-16-14-26)19-7-5-18(2)6-8-19;/h5-8,20-21H,4,9-17H2,1-3H3,(H,24,25);1H. The van der Waals surface area contributed by atoms with Gasteiger partial charge in [-0.05, 0) is 32.3 Å². The molecule has 31 heavy (non-hydrogen) atoms. The zero-order valence-electron chi connectivity index (χ0n) is 19.0. The monoisotopic (exact) mass is 544 g/mol. The topological polar surface area (TPSA) is 66.4 Å². The Labute approximate surface area is 203 Å². The number of likely N-dealkylation sites (tertiary alicyclic amines) is 1. The van der Waals surface area contributed by atoms with Crippen LogP contribution < -0.4 is 5.32 Å². The number of aliphatic imine (C=N–C) groups is 1. The minimum atomic E-state index is -0.0941. The number of carbonyl (C=O) groups is 1. The molecule has 7 nitrogen and oxygen atoms in total. The van der Waals surface area contributed by atoms with E-state index in [1.54, 1.807) is 0 Å². The first-order valence-corrected chi connectivity index (χ1v) is 11.1. The summed E-state index contributed by atoms with van der Waals surface area (Å²) in [6, 6.07) is 9.03. The van der Waals surface area contributed by atoms with E-state index in [-0.39, 0.29) is 41.9 Å². The number of ether oxygens (including phenoxy) is 2. The van der Waals surface area contributed by atoms with Gasteiger partial charge in [0.2, 0.25) is 0 Å². The summed E-state index contributed by atoms with van der Waals surface area (Å²) in [5, 5.41) is 3.45. The molecule has 2 aliphatic rings. The molecule has 2 fully saturated rings. The number of aryl methyl sites for hydroxylation is 1. The predicted molar refractivity (Wildman–Crippen MR) is 134 cm³/mol. The maximum atomic E-state index is 11.8. The minimum absolute atomic E-state index is 0. The van der Waals surface area contributed by atoms with Crippen LogP contribution in [0.1, 0.15) is 36.9 Å². The average Bonchev–Trinajstić information content (AvgIpc) is 2.80. The summed E-state index contributed by atoms with van der Waals surface area (Å²) in [6.07, 6.45) is 1.61. The highest BCUT2D eigenvalue weighted by Crippen LogP contribution is 2.24. The Bertz CT molecular complexity index is 699. The second-order valence-corrected chi connectivity index (χ2v) is 8.05. The van der Waals surface area contributed by atoms with E-state index in [9.17, 15) is 4.79 Å². The molecular weight excluding hydrogens is 507 g/mol. The third-order valence-electron chi connectivity index (χ3n) is 6.03.